The van der Waals surface area contributed by atoms with Gasteiger partial charge in [0.2, 0.25) is 5.91 Å². The number of esters is 1. The van der Waals surface area contributed by atoms with Crippen molar-refractivity contribution in [1.82, 2.24) is 5.32 Å². The van der Waals surface area contributed by atoms with E-state index in [1.165, 1.54) is 25.1 Å². The number of carbonyl (C=O) groups excluding carboxylic acids is 3. The Morgan fingerprint density at radius 3 is 2.77 bits per heavy atom. The summed E-state index contributed by atoms with van der Waals surface area (Å²) in [6.45, 7) is 3.16. The second kappa shape index (κ2) is 5.75. The molecule has 1 aromatic rings. The third-order valence-corrected chi connectivity index (χ3v) is 3.62. The van der Waals surface area contributed by atoms with Crippen molar-refractivity contribution in [1.29, 1.82) is 0 Å². The third kappa shape index (κ3) is 2.79. The van der Waals surface area contributed by atoms with E-state index in [0.717, 1.165) is 0 Å². The molecule has 1 aliphatic rings. The predicted octanol–water partition coefficient (Wildman–Crippen LogP) is 0.891. The molecule has 0 aromatic heterocycles. The molecule has 0 aliphatic carbocycles. The fourth-order valence-corrected chi connectivity index (χ4v) is 2.58. The van der Waals surface area contributed by atoms with Crippen LogP contribution in [0.4, 0.5) is 10.1 Å². The van der Waals surface area contributed by atoms with Gasteiger partial charge in [0.15, 0.2) is 11.7 Å². The molecule has 7 heteroatoms. The summed E-state index contributed by atoms with van der Waals surface area (Å²) in [6.07, 6.45) is -0.220. The summed E-state index contributed by atoms with van der Waals surface area (Å²) >= 11 is 0. The molecule has 1 aromatic carbocycles. The number of piperidine rings is 1. The Labute approximate surface area is 126 Å². The number of ether oxygens (including phenoxy) is 1. The molecule has 1 amide bonds. The first-order valence-electron chi connectivity index (χ1n) is 6.85. The van der Waals surface area contributed by atoms with Crippen LogP contribution in [0.3, 0.4) is 0 Å². The van der Waals surface area contributed by atoms with Gasteiger partial charge in [0.1, 0.15) is 5.82 Å². The standard InChI is InChI=1S/C15H17FN2O4/c1-3-22-14(21)12-11(19)7-15(2,18-13(12)20)9-6-8(17)4-5-10(9)16/h4-6,12H,3,7,17H2,1-2H3,(H,18,20)/t12?,15-/m0/s1. The molecule has 1 fully saturated rings. The van der Waals surface area contributed by atoms with Crippen molar-refractivity contribution in [3.05, 3.63) is 29.6 Å². The van der Waals surface area contributed by atoms with Gasteiger partial charge >= 0.3 is 5.97 Å². The Morgan fingerprint density at radius 1 is 1.50 bits per heavy atom. The van der Waals surface area contributed by atoms with Crippen LogP contribution in [0.1, 0.15) is 25.8 Å². The smallest absolute Gasteiger partial charge is 0.326 e. The second-order valence-corrected chi connectivity index (χ2v) is 5.39. The van der Waals surface area contributed by atoms with Gasteiger partial charge in [-0.25, -0.2) is 4.39 Å². The summed E-state index contributed by atoms with van der Waals surface area (Å²) in [4.78, 5) is 36.0. The molecule has 118 valence electrons. The second-order valence-electron chi connectivity index (χ2n) is 5.39. The number of nitrogen functional groups attached to an aromatic ring is 1. The maximum absolute atomic E-state index is 14.0. The van der Waals surface area contributed by atoms with E-state index in [4.69, 9.17) is 10.5 Å². The Morgan fingerprint density at radius 2 is 2.18 bits per heavy atom. The molecule has 1 heterocycles. The van der Waals surface area contributed by atoms with Crippen molar-refractivity contribution in [3.63, 3.8) is 0 Å². The van der Waals surface area contributed by atoms with Crippen LogP contribution in [0.25, 0.3) is 0 Å². The fourth-order valence-electron chi connectivity index (χ4n) is 2.58. The first kappa shape index (κ1) is 15.9. The maximum Gasteiger partial charge on any atom is 0.326 e. The SMILES string of the molecule is CCOC(=O)C1C(=O)C[C@@](C)(c2cc(N)ccc2F)NC1=O. The van der Waals surface area contributed by atoms with E-state index in [1.54, 1.807) is 6.92 Å². The number of hydrogen-bond acceptors (Lipinski definition) is 5. The molecular weight excluding hydrogens is 291 g/mol. The summed E-state index contributed by atoms with van der Waals surface area (Å²) < 4.78 is 18.7. The molecule has 0 radical (unpaired) electrons. The van der Waals surface area contributed by atoms with Gasteiger partial charge in [0.05, 0.1) is 12.1 Å². The summed E-state index contributed by atoms with van der Waals surface area (Å²) in [6, 6.07) is 3.92. The summed E-state index contributed by atoms with van der Waals surface area (Å²) in [7, 11) is 0. The molecule has 22 heavy (non-hydrogen) atoms. The molecule has 0 saturated carbocycles. The molecule has 3 N–H and O–H groups in total. The number of benzene rings is 1. The van der Waals surface area contributed by atoms with Crippen LogP contribution >= 0.6 is 0 Å². The average molecular weight is 308 g/mol. The summed E-state index contributed by atoms with van der Waals surface area (Å²) in [5.41, 5.74) is 4.81. The van der Waals surface area contributed by atoms with Gasteiger partial charge < -0.3 is 15.8 Å². The van der Waals surface area contributed by atoms with Gasteiger partial charge in [-0.1, -0.05) is 0 Å². The number of nitrogens with one attached hydrogen (secondary N) is 1. The molecule has 2 atom stereocenters. The number of ketones is 1. The summed E-state index contributed by atoms with van der Waals surface area (Å²) in [5.74, 6) is -4.37. The minimum Gasteiger partial charge on any atom is -0.465 e. The highest BCUT2D eigenvalue weighted by Crippen LogP contribution is 2.33. The van der Waals surface area contributed by atoms with Gasteiger partial charge in [-0.05, 0) is 32.0 Å². The van der Waals surface area contributed by atoms with E-state index in [0.29, 0.717) is 5.69 Å². The van der Waals surface area contributed by atoms with Crippen LogP contribution < -0.4 is 11.1 Å². The van der Waals surface area contributed by atoms with Crippen LogP contribution in [-0.4, -0.2) is 24.3 Å². The molecule has 2 rings (SSSR count). The highest BCUT2D eigenvalue weighted by molar-refractivity contribution is 6.18. The van der Waals surface area contributed by atoms with Crippen molar-refractivity contribution in [3.8, 4) is 0 Å². The molecule has 0 spiro atoms. The molecule has 1 saturated heterocycles. The van der Waals surface area contributed by atoms with E-state index in [-0.39, 0.29) is 18.6 Å². The number of amides is 1. The number of rotatable bonds is 3. The zero-order valence-corrected chi connectivity index (χ0v) is 12.3. The first-order chi connectivity index (χ1) is 10.3. The van der Waals surface area contributed by atoms with Gasteiger partial charge in [-0.2, -0.15) is 0 Å². The minimum absolute atomic E-state index is 0.0665. The molecule has 1 unspecified atom stereocenters. The lowest BCUT2D eigenvalue weighted by Gasteiger charge is -2.37. The average Bonchev–Trinajstić information content (AvgIpc) is 2.40. The van der Waals surface area contributed by atoms with Crippen molar-refractivity contribution >= 4 is 23.3 Å². The lowest BCUT2D eigenvalue weighted by atomic mass is 9.79. The molecule has 6 nitrogen and oxygen atoms in total. The van der Waals surface area contributed by atoms with E-state index < -0.39 is 34.9 Å². The number of nitrogens with two attached hydrogens (primary N) is 1. The van der Waals surface area contributed by atoms with Crippen LogP contribution in [0.15, 0.2) is 18.2 Å². The number of anilines is 1. The van der Waals surface area contributed by atoms with Crippen molar-refractivity contribution in [2.45, 2.75) is 25.8 Å². The van der Waals surface area contributed by atoms with Crippen LogP contribution in [0.5, 0.6) is 0 Å². The van der Waals surface area contributed by atoms with E-state index in [9.17, 15) is 18.8 Å². The topological polar surface area (TPSA) is 98.5 Å². The largest absolute Gasteiger partial charge is 0.465 e. The Balaban J connectivity index is 2.33. The quantitative estimate of drug-likeness (QED) is 0.491. The number of Topliss-reactive ketones (excluding diaryl/α,β-unsaturated/α-hetero) is 1. The monoisotopic (exact) mass is 308 g/mol. The fraction of sp³-hybridized carbons (Fsp3) is 0.400. The number of halogens is 1. The lowest BCUT2D eigenvalue weighted by molar-refractivity contribution is -0.158. The highest BCUT2D eigenvalue weighted by atomic mass is 19.1. The van der Waals surface area contributed by atoms with Gasteiger partial charge in [0.25, 0.3) is 0 Å². The zero-order valence-electron chi connectivity index (χ0n) is 12.3. The maximum atomic E-state index is 14.0. The van der Waals surface area contributed by atoms with Crippen molar-refractivity contribution < 1.29 is 23.5 Å². The number of hydrogen-bond donors (Lipinski definition) is 2. The van der Waals surface area contributed by atoms with E-state index in [1.807, 2.05) is 0 Å². The summed E-state index contributed by atoms with van der Waals surface area (Å²) in [5, 5.41) is 2.54. The first-order valence-corrected chi connectivity index (χ1v) is 6.85. The molecule has 0 bridgehead atoms. The Bertz CT molecular complexity index is 626. The molecule has 1 aliphatic heterocycles. The van der Waals surface area contributed by atoms with Crippen LogP contribution in [-0.2, 0) is 24.7 Å². The lowest BCUT2D eigenvalue weighted by Crippen LogP contribution is -2.57. The van der Waals surface area contributed by atoms with Crippen LogP contribution in [0, 0.1) is 11.7 Å². The predicted molar refractivity (Wildman–Crippen MR) is 76.1 cm³/mol. The van der Waals surface area contributed by atoms with E-state index in [2.05, 4.69) is 5.32 Å². The minimum atomic E-state index is -1.50. The Kier molecular flexibility index (Phi) is 4.16. The van der Waals surface area contributed by atoms with Gasteiger partial charge in [0, 0.05) is 17.7 Å². The van der Waals surface area contributed by atoms with Crippen LogP contribution in [0.2, 0.25) is 0 Å². The normalized spacial score (nSPS) is 24.8. The molecular formula is C15H17FN2O4. The Hall–Kier alpha value is -2.44. The van der Waals surface area contributed by atoms with E-state index >= 15 is 0 Å². The van der Waals surface area contributed by atoms with Gasteiger partial charge in [-0.15, -0.1) is 0 Å². The third-order valence-electron chi connectivity index (χ3n) is 3.62. The van der Waals surface area contributed by atoms with Crippen molar-refractivity contribution in [2.24, 2.45) is 5.92 Å². The highest BCUT2D eigenvalue weighted by Gasteiger charge is 2.47. The zero-order chi connectivity index (χ0) is 16.5. The number of carbonyl (C=O) groups is 3. The van der Waals surface area contributed by atoms with Gasteiger partial charge in [-0.3, -0.25) is 14.4 Å². The van der Waals surface area contributed by atoms with Crippen molar-refractivity contribution in [2.75, 3.05) is 12.3 Å².